The van der Waals surface area contributed by atoms with Gasteiger partial charge >= 0.3 is 12.1 Å². The summed E-state index contributed by atoms with van der Waals surface area (Å²) in [5, 5.41) is 0. The van der Waals surface area contributed by atoms with Crippen molar-refractivity contribution in [1.82, 2.24) is 0 Å². The van der Waals surface area contributed by atoms with E-state index in [2.05, 4.69) is 0 Å². The zero-order valence-corrected chi connectivity index (χ0v) is 26.6. The van der Waals surface area contributed by atoms with Crippen molar-refractivity contribution < 1.29 is 47.5 Å². The third-order valence-electron chi connectivity index (χ3n) is 6.83. The summed E-state index contributed by atoms with van der Waals surface area (Å²) in [7, 11) is 3.00. The molecular formula is C32H45NO10. The van der Waals surface area contributed by atoms with Crippen molar-refractivity contribution >= 4 is 29.6 Å². The normalized spacial score (nSPS) is 24.8. The van der Waals surface area contributed by atoms with Crippen molar-refractivity contribution in [1.29, 1.82) is 0 Å². The molecule has 43 heavy (non-hydrogen) atoms. The molecule has 1 aromatic carbocycles. The predicted octanol–water partition coefficient (Wildman–Crippen LogP) is 5.30. The highest BCUT2D eigenvalue weighted by atomic mass is 16.8. The second-order valence-electron chi connectivity index (χ2n) is 12.0. The number of fused-ring (bicyclic) bond motifs is 2. The van der Waals surface area contributed by atoms with Crippen molar-refractivity contribution in [3.63, 3.8) is 0 Å². The average Bonchev–Trinajstić information content (AvgIpc) is 3.22. The summed E-state index contributed by atoms with van der Waals surface area (Å²) in [6.07, 6.45) is 4.46. The molecule has 0 aromatic heterocycles. The standard InChI is InChI=1S/C32H45NO10/c1-20-13-14-24(34)28-25(41-32(6,7)42-28)12-10-11-22-17-23(33(15-16-37-8)30(36)43-31(3,4)5)18-26(39-19-38-9)27(22)29(35)40-21(20)2/h10-11,13-14,17-18,20-21,25,28H,12,15-16,19H2,1-9H3/b11-10?,14-13-/t20-,21+,25+,28-/m1/s1. The monoisotopic (exact) mass is 603 g/mol. The second-order valence-corrected chi connectivity index (χ2v) is 12.0. The third kappa shape index (κ3) is 9.37. The number of rotatable bonds is 7. The van der Waals surface area contributed by atoms with Crippen LogP contribution in [0.25, 0.3) is 6.08 Å². The van der Waals surface area contributed by atoms with Crippen molar-refractivity contribution in [2.45, 2.75) is 84.6 Å². The molecule has 11 heteroatoms. The maximum absolute atomic E-state index is 13.7. The fourth-order valence-corrected chi connectivity index (χ4v) is 4.60. The van der Waals surface area contributed by atoms with Gasteiger partial charge in [0.2, 0.25) is 0 Å². The highest BCUT2D eigenvalue weighted by Crippen LogP contribution is 2.35. The molecule has 1 amide bonds. The molecule has 2 aliphatic heterocycles. The van der Waals surface area contributed by atoms with Crippen LogP contribution in [-0.4, -0.2) is 81.7 Å². The van der Waals surface area contributed by atoms with Crippen LogP contribution in [-0.2, 0) is 33.2 Å². The van der Waals surface area contributed by atoms with E-state index in [0.717, 1.165) is 0 Å². The molecule has 1 aromatic rings. The van der Waals surface area contributed by atoms with Crippen LogP contribution in [0.3, 0.4) is 0 Å². The van der Waals surface area contributed by atoms with E-state index in [4.69, 9.17) is 33.2 Å². The van der Waals surface area contributed by atoms with Gasteiger partial charge in [-0.2, -0.15) is 0 Å². The van der Waals surface area contributed by atoms with E-state index in [9.17, 15) is 14.4 Å². The molecule has 0 aliphatic carbocycles. The first kappa shape index (κ1) is 34.2. The van der Waals surface area contributed by atoms with Crippen LogP contribution in [0.4, 0.5) is 10.5 Å². The van der Waals surface area contributed by atoms with E-state index in [1.807, 2.05) is 6.92 Å². The van der Waals surface area contributed by atoms with E-state index in [0.29, 0.717) is 17.7 Å². The molecule has 1 fully saturated rings. The molecular weight excluding hydrogens is 558 g/mol. The molecule has 11 nitrogen and oxygen atoms in total. The number of benzene rings is 1. The summed E-state index contributed by atoms with van der Waals surface area (Å²) in [5.41, 5.74) is 0.244. The molecule has 2 aliphatic rings. The van der Waals surface area contributed by atoms with E-state index >= 15 is 0 Å². The third-order valence-corrected chi connectivity index (χ3v) is 6.83. The lowest BCUT2D eigenvalue weighted by Gasteiger charge is -2.28. The fourth-order valence-electron chi connectivity index (χ4n) is 4.60. The molecule has 0 unspecified atom stereocenters. The Labute approximate surface area is 254 Å². The largest absolute Gasteiger partial charge is 0.467 e. The number of ether oxygens (including phenoxy) is 7. The minimum atomic E-state index is -0.944. The van der Waals surface area contributed by atoms with Gasteiger partial charge in [-0.05, 0) is 65.7 Å². The summed E-state index contributed by atoms with van der Waals surface area (Å²) in [5.74, 6) is -1.93. The maximum atomic E-state index is 13.7. The topological polar surface area (TPSA) is 119 Å². The number of amides is 1. The minimum Gasteiger partial charge on any atom is -0.467 e. The fraction of sp³-hybridized carbons (Fsp3) is 0.594. The quantitative estimate of drug-likeness (QED) is 0.300. The molecule has 0 spiro atoms. The summed E-state index contributed by atoms with van der Waals surface area (Å²) in [6, 6.07) is 3.26. The Morgan fingerprint density at radius 2 is 1.79 bits per heavy atom. The smallest absolute Gasteiger partial charge is 0.414 e. The van der Waals surface area contributed by atoms with Gasteiger partial charge in [0.15, 0.2) is 18.4 Å². The van der Waals surface area contributed by atoms with Gasteiger partial charge in [-0.15, -0.1) is 0 Å². The van der Waals surface area contributed by atoms with Crippen molar-refractivity contribution in [3.8, 4) is 5.75 Å². The van der Waals surface area contributed by atoms with Crippen LogP contribution < -0.4 is 9.64 Å². The van der Waals surface area contributed by atoms with E-state index in [1.54, 1.807) is 71.9 Å². The lowest BCUT2D eigenvalue weighted by molar-refractivity contribution is -0.152. The SMILES string of the molecule is COCCN(C(=O)OC(C)(C)C)c1cc2c(c(OCOC)c1)C(=O)O[C@@H](C)[C@H](C)/C=C\C(=O)[C@H]1OC(C)(C)O[C@H]1CC=C2. The van der Waals surface area contributed by atoms with Gasteiger partial charge in [-0.25, -0.2) is 9.59 Å². The Hall–Kier alpha value is -3.25. The van der Waals surface area contributed by atoms with E-state index in [1.165, 1.54) is 25.2 Å². The second kappa shape index (κ2) is 14.5. The van der Waals surface area contributed by atoms with Crippen molar-refractivity contribution in [2.24, 2.45) is 5.92 Å². The van der Waals surface area contributed by atoms with Gasteiger partial charge in [0.05, 0.1) is 24.9 Å². The highest BCUT2D eigenvalue weighted by Gasteiger charge is 2.43. The first-order chi connectivity index (χ1) is 20.2. The van der Waals surface area contributed by atoms with Crippen LogP contribution in [0.1, 0.15) is 70.8 Å². The number of methoxy groups -OCH3 is 2. The van der Waals surface area contributed by atoms with Crippen molar-refractivity contribution in [3.05, 3.63) is 41.5 Å². The molecule has 4 atom stereocenters. The highest BCUT2D eigenvalue weighted by molar-refractivity contribution is 5.99. The summed E-state index contributed by atoms with van der Waals surface area (Å²) in [4.78, 5) is 41.5. The first-order valence-electron chi connectivity index (χ1n) is 14.4. The van der Waals surface area contributed by atoms with Crippen LogP contribution in [0.15, 0.2) is 30.4 Å². The number of hydrogen-bond acceptors (Lipinski definition) is 10. The molecule has 0 saturated carbocycles. The number of hydrogen-bond donors (Lipinski definition) is 0. The lowest BCUT2D eigenvalue weighted by Crippen LogP contribution is -2.39. The molecule has 0 bridgehead atoms. The number of carbonyl (C=O) groups excluding carboxylic acids is 3. The Morgan fingerprint density at radius 1 is 1.07 bits per heavy atom. The molecule has 0 N–H and O–H groups in total. The Bertz CT molecular complexity index is 1220. The first-order valence-corrected chi connectivity index (χ1v) is 14.4. The average molecular weight is 604 g/mol. The lowest BCUT2D eigenvalue weighted by atomic mass is 9.99. The van der Waals surface area contributed by atoms with Gasteiger partial charge in [0, 0.05) is 26.2 Å². The molecule has 238 valence electrons. The zero-order chi connectivity index (χ0) is 31.9. The van der Waals surface area contributed by atoms with Crippen LogP contribution >= 0.6 is 0 Å². The Kier molecular flexibility index (Phi) is 11.5. The Balaban J connectivity index is 2.18. The van der Waals surface area contributed by atoms with Crippen molar-refractivity contribution in [2.75, 3.05) is 39.1 Å². The number of esters is 1. The number of carbonyl (C=O) groups is 3. The molecule has 1 saturated heterocycles. The maximum Gasteiger partial charge on any atom is 0.414 e. The predicted molar refractivity (Wildman–Crippen MR) is 160 cm³/mol. The molecule has 2 heterocycles. The van der Waals surface area contributed by atoms with Gasteiger partial charge in [-0.1, -0.05) is 25.2 Å². The molecule has 0 radical (unpaired) electrons. The number of cyclic esters (lactones) is 1. The van der Waals surface area contributed by atoms with Gasteiger partial charge in [0.25, 0.3) is 0 Å². The number of ketones is 1. The van der Waals surface area contributed by atoms with Gasteiger partial charge in [-0.3, -0.25) is 9.69 Å². The summed E-state index contributed by atoms with van der Waals surface area (Å²) >= 11 is 0. The summed E-state index contributed by atoms with van der Waals surface area (Å²) < 4.78 is 39.8. The van der Waals surface area contributed by atoms with Gasteiger partial charge in [0.1, 0.15) is 29.1 Å². The zero-order valence-electron chi connectivity index (χ0n) is 26.6. The molecule has 3 rings (SSSR count). The van der Waals surface area contributed by atoms with Crippen LogP contribution in [0.5, 0.6) is 5.75 Å². The van der Waals surface area contributed by atoms with E-state index < -0.39 is 41.8 Å². The number of nitrogens with zero attached hydrogens (tertiary/aromatic N) is 1. The van der Waals surface area contributed by atoms with Crippen LogP contribution in [0.2, 0.25) is 0 Å². The van der Waals surface area contributed by atoms with E-state index in [-0.39, 0.29) is 43.0 Å². The minimum absolute atomic E-state index is 0.155. The summed E-state index contributed by atoms with van der Waals surface area (Å²) in [6.45, 7) is 12.7. The Morgan fingerprint density at radius 3 is 2.44 bits per heavy atom. The van der Waals surface area contributed by atoms with Gasteiger partial charge < -0.3 is 33.2 Å². The number of anilines is 1. The van der Waals surface area contributed by atoms with Crippen LogP contribution in [0, 0.1) is 5.92 Å².